The van der Waals surface area contributed by atoms with Gasteiger partial charge in [0.1, 0.15) is 12.2 Å². The van der Waals surface area contributed by atoms with Crippen molar-refractivity contribution in [1.29, 1.82) is 0 Å². The average molecular weight is 713 g/mol. The van der Waals surface area contributed by atoms with Crippen LogP contribution >= 0.6 is 11.3 Å². The SMILES string of the molecule is C1=CC2OC3C=C(C4=CCC5C(=C4)c4ccccc4N5c4ccccc4)C=CC3N(c3ccc4c(ccc5ccc6sc7ccccc7c6c54)c3)C2C=C1. The maximum absolute atomic E-state index is 6.95. The molecule has 1 fully saturated rings. The Labute approximate surface area is 318 Å². The third kappa shape index (κ3) is 4.51. The van der Waals surface area contributed by atoms with Crippen LogP contribution < -0.4 is 9.80 Å². The highest BCUT2D eigenvalue weighted by Gasteiger charge is 2.42. The lowest BCUT2D eigenvalue weighted by Gasteiger charge is -2.50. The number of thiophene rings is 1. The van der Waals surface area contributed by atoms with Gasteiger partial charge < -0.3 is 14.5 Å². The van der Waals surface area contributed by atoms with Crippen molar-refractivity contribution in [3.8, 4) is 0 Å². The number of anilines is 3. The van der Waals surface area contributed by atoms with Crippen LogP contribution in [-0.2, 0) is 4.74 Å². The number of fused-ring (bicyclic) bond motifs is 12. The number of allylic oxidation sites excluding steroid dienone is 6. The molecule has 5 aliphatic rings. The van der Waals surface area contributed by atoms with Gasteiger partial charge in [-0.25, -0.2) is 0 Å². The van der Waals surface area contributed by atoms with Crippen LogP contribution in [0.15, 0.2) is 187 Å². The molecule has 0 spiro atoms. The van der Waals surface area contributed by atoms with Gasteiger partial charge in [-0.05, 0) is 99.3 Å². The molecule has 5 unspecified atom stereocenters. The molecule has 6 aromatic carbocycles. The van der Waals surface area contributed by atoms with Crippen molar-refractivity contribution in [2.75, 3.05) is 9.80 Å². The molecule has 4 heteroatoms. The molecule has 3 nitrogen and oxygen atoms in total. The number of ether oxygens (including phenoxy) is 1. The van der Waals surface area contributed by atoms with E-state index in [-0.39, 0.29) is 30.3 Å². The zero-order valence-corrected chi connectivity index (χ0v) is 30.4. The average Bonchev–Trinajstić information content (AvgIpc) is 3.78. The normalized spacial score (nSPS) is 24.0. The van der Waals surface area contributed by atoms with Gasteiger partial charge in [-0.2, -0.15) is 0 Å². The third-order valence-electron chi connectivity index (χ3n) is 12.2. The quantitative estimate of drug-likeness (QED) is 0.170. The molecule has 0 radical (unpaired) electrons. The van der Waals surface area contributed by atoms with Gasteiger partial charge in [0.2, 0.25) is 0 Å². The molecular formula is C50H36N2OS. The third-order valence-corrected chi connectivity index (χ3v) is 13.3. The van der Waals surface area contributed by atoms with E-state index < -0.39 is 0 Å². The number of nitrogens with zero attached hydrogens (tertiary/aromatic N) is 2. The van der Waals surface area contributed by atoms with E-state index in [2.05, 4.69) is 186 Å². The monoisotopic (exact) mass is 712 g/mol. The first-order valence-electron chi connectivity index (χ1n) is 19.1. The maximum atomic E-state index is 6.95. The van der Waals surface area contributed by atoms with Crippen molar-refractivity contribution in [2.45, 2.75) is 36.8 Å². The number of hydrogen-bond donors (Lipinski definition) is 0. The zero-order chi connectivity index (χ0) is 35.3. The van der Waals surface area contributed by atoms with Gasteiger partial charge >= 0.3 is 0 Å². The molecule has 12 rings (SSSR count). The first-order valence-corrected chi connectivity index (χ1v) is 19.9. The van der Waals surface area contributed by atoms with Gasteiger partial charge in [0.25, 0.3) is 0 Å². The van der Waals surface area contributed by atoms with Crippen molar-refractivity contribution >= 4 is 75.7 Å². The molecule has 54 heavy (non-hydrogen) atoms. The Hall–Kier alpha value is -5.94. The minimum Gasteiger partial charge on any atom is -0.362 e. The standard InChI is InChI=1S/C50H36N2OS/c1-2-10-35(11-3-1)51-41-14-6-4-12-38(41)40-29-32(20-25-42(40)51)33-21-26-44-46(30-33)53-45-16-8-7-15-43(45)52(44)36-23-24-37-34(28-36)19-18-31-22-27-48-50(49(31)37)39-13-5-9-17-47(39)54-48/h1-24,26-30,42-46H,25H2. The van der Waals surface area contributed by atoms with E-state index >= 15 is 0 Å². The van der Waals surface area contributed by atoms with Crippen LogP contribution in [0, 0.1) is 0 Å². The van der Waals surface area contributed by atoms with Crippen LogP contribution in [0.4, 0.5) is 17.1 Å². The Balaban J connectivity index is 0.921. The molecule has 3 aliphatic carbocycles. The smallest absolute Gasteiger partial charge is 0.101 e. The van der Waals surface area contributed by atoms with E-state index in [1.807, 2.05) is 11.3 Å². The molecule has 7 aromatic rings. The topological polar surface area (TPSA) is 15.7 Å². The number of morpholine rings is 1. The maximum Gasteiger partial charge on any atom is 0.101 e. The lowest BCUT2D eigenvalue weighted by molar-refractivity contribution is -0.00591. The fourth-order valence-electron chi connectivity index (χ4n) is 9.79. The minimum atomic E-state index is -0.0831. The summed E-state index contributed by atoms with van der Waals surface area (Å²) in [4.78, 5) is 5.11. The highest BCUT2D eigenvalue weighted by atomic mass is 32.1. The molecule has 1 aromatic heterocycles. The molecule has 1 saturated heterocycles. The number of rotatable bonds is 3. The summed E-state index contributed by atoms with van der Waals surface area (Å²) in [5.41, 5.74) is 8.99. The van der Waals surface area contributed by atoms with Crippen LogP contribution in [0.5, 0.6) is 0 Å². The number of para-hydroxylation sites is 2. The Kier molecular flexibility index (Phi) is 6.66. The highest BCUT2D eigenvalue weighted by Crippen LogP contribution is 2.49. The Bertz CT molecular complexity index is 2890. The summed E-state index contributed by atoms with van der Waals surface area (Å²) >= 11 is 1.89. The summed E-state index contributed by atoms with van der Waals surface area (Å²) in [5, 5.41) is 7.94. The predicted octanol–water partition coefficient (Wildman–Crippen LogP) is 12.2. The summed E-state index contributed by atoms with van der Waals surface area (Å²) in [6.07, 6.45) is 21.7. The van der Waals surface area contributed by atoms with Crippen LogP contribution in [0.2, 0.25) is 0 Å². The lowest BCUT2D eigenvalue weighted by atomic mass is 9.85. The predicted molar refractivity (Wildman–Crippen MR) is 228 cm³/mol. The van der Waals surface area contributed by atoms with E-state index in [4.69, 9.17) is 4.74 Å². The van der Waals surface area contributed by atoms with Gasteiger partial charge in [-0.15, -0.1) is 11.3 Å². The number of hydrogen-bond acceptors (Lipinski definition) is 4. The molecule has 0 saturated carbocycles. The fraction of sp³-hybridized carbons (Fsp3) is 0.120. The van der Waals surface area contributed by atoms with Crippen molar-refractivity contribution in [1.82, 2.24) is 0 Å². The lowest BCUT2D eigenvalue weighted by Crippen LogP contribution is -2.59. The molecule has 258 valence electrons. The molecular weight excluding hydrogens is 677 g/mol. The second-order valence-corrected chi connectivity index (χ2v) is 16.1. The van der Waals surface area contributed by atoms with Crippen LogP contribution in [0.3, 0.4) is 0 Å². The fourth-order valence-corrected chi connectivity index (χ4v) is 10.9. The van der Waals surface area contributed by atoms with E-state index in [1.54, 1.807) is 0 Å². The summed E-state index contributed by atoms with van der Waals surface area (Å²) in [7, 11) is 0. The van der Waals surface area contributed by atoms with E-state index in [9.17, 15) is 0 Å². The zero-order valence-electron chi connectivity index (χ0n) is 29.5. The first kappa shape index (κ1) is 30.5. The van der Waals surface area contributed by atoms with Gasteiger partial charge in [-0.3, -0.25) is 0 Å². The highest BCUT2D eigenvalue weighted by molar-refractivity contribution is 7.26. The van der Waals surface area contributed by atoms with E-state index in [1.165, 1.54) is 81.1 Å². The Morgan fingerprint density at radius 1 is 0.611 bits per heavy atom. The summed E-state index contributed by atoms with van der Waals surface area (Å²) in [6, 6.07) is 45.3. The molecule has 3 heterocycles. The van der Waals surface area contributed by atoms with Crippen LogP contribution in [0.25, 0.3) is 47.3 Å². The second kappa shape index (κ2) is 11.8. The second-order valence-electron chi connectivity index (χ2n) is 15.0. The van der Waals surface area contributed by atoms with Gasteiger partial charge in [0.05, 0.1) is 18.1 Å². The van der Waals surface area contributed by atoms with Crippen molar-refractivity contribution in [3.05, 3.63) is 193 Å². The molecule has 0 N–H and O–H groups in total. The van der Waals surface area contributed by atoms with Gasteiger partial charge in [0, 0.05) is 42.8 Å². The first-order chi connectivity index (χ1) is 26.8. The van der Waals surface area contributed by atoms with Crippen molar-refractivity contribution in [3.63, 3.8) is 0 Å². The Morgan fingerprint density at radius 3 is 2.39 bits per heavy atom. The van der Waals surface area contributed by atoms with Gasteiger partial charge in [0.15, 0.2) is 0 Å². The van der Waals surface area contributed by atoms with Crippen LogP contribution in [-0.4, -0.2) is 30.3 Å². The Morgan fingerprint density at radius 2 is 1.43 bits per heavy atom. The molecule has 5 atom stereocenters. The number of benzene rings is 6. The molecule has 2 aliphatic heterocycles. The van der Waals surface area contributed by atoms with Crippen molar-refractivity contribution < 1.29 is 4.74 Å². The molecule has 0 amide bonds. The minimum absolute atomic E-state index is 0.0337. The summed E-state index contributed by atoms with van der Waals surface area (Å²) in [6.45, 7) is 0. The molecule has 0 bridgehead atoms. The largest absolute Gasteiger partial charge is 0.362 e. The van der Waals surface area contributed by atoms with Crippen LogP contribution in [0.1, 0.15) is 12.0 Å². The summed E-state index contributed by atoms with van der Waals surface area (Å²) < 4.78 is 9.64. The van der Waals surface area contributed by atoms with Crippen molar-refractivity contribution in [2.24, 2.45) is 0 Å². The van der Waals surface area contributed by atoms with Gasteiger partial charge in [-0.1, -0.05) is 121 Å². The van der Waals surface area contributed by atoms with E-state index in [0.717, 1.165) is 6.42 Å². The van der Waals surface area contributed by atoms with E-state index in [0.29, 0.717) is 0 Å². The summed E-state index contributed by atoms with van der Waals surface area (Å²) in [5.74, 6) is 0.